The highest BCUT2D eigenvalue weighted by molar-refractivity contribution is 6.02. The van der Waals surface area contributed by atoms with Gasteiger partial charge in [-0.05, 0) is 42.8 Å². The molecule has 0 aliphatic carbocycles. The van der Waals surface area contributed by atoms with Crippen LogP contribution in [-0.2, 0) is 0 Å². The number of ether oxygens (including phenoxy) is 1. The summed E-state index contributed by atoms with van der Waals surface area (Å²) in [6.45, 7) is 2.74. The fraction of sp³-hybridized carbons (Fsp3) is 0.188. The number of amides is 1. The van der Waals surface area contributed by atoms with E-state index in [1.807, 2.05) is 24.3 Å². The summed E-state index contributed by atoms with van der Waals surface area (Å²) in [6, 6.07) is 12.5. The van der Waals surface area contributed by atoms with Gasteiger partial charge in [0.2, 0.25) is 0 Å². The predicted octanol–water partition coefficient (Wildman–Crippen LogP) is 2.90. The van der Waals surface area contributed by atoms with Gasteiger partial charge in [-0.3, -0.25) is 4.79 Å². The van der Waals surface area contributed by atoms with E-state index in [2.05, 4.69) is 12.2 Å². The Morgan fingerprint density at radius 1 is 1.19 bits per heavy atom. The summed E-state index contributed by atoms with van der Waals surface area (Å²) >= 11 is 0. The van der Waals surface area contributed by atoms with Crippen molar-refractivity contribution in [2.75, 3.05) is 17.7 Å². The van der Waals surface area contributed by atoms with Crippen molar-refractivity contribution in [1.29, 1.82) is 0 Å². The lowest BCUT2D eigenvalue weighted by molar-refractivity contribution is 0.100. The fourth-order valence-electron chi connectivity index (χ4n) is 1.91. The number of nitrogens with one attached hydrogen (secondary N) is 1. The monoisotopic (exact) mass is 285 g/mol. The zero-order valence-corrected chi connectivity index (χ0v) is 11.9. The Hall–Kier alpha value is -2.69. The van der Waals surface area contributed by atoms with E-state index in [1.165, 1.54) is 0 Å². The molecule has 21 heavy (non-hydrogen) atoms. The molecule has 0 radical (unpaired) electrons. The third kappa shape index (κ3) is 3.66. The molecular formula is C16H19N3O2. The standard InChI is InChI=1S/C16H19N3O2/c1-2-10-21-12-8-6-11(7-9-12)19-15-13(16(18)20)4-3-5-14(15)17/h3-9,19H,2,10,17H2,1H3,(H2,18,20). The summed E-state index contributed by atoms with van der Waals surface area (Å²) < 4.78 is 5.52. The van der Waals surface area contributed by atoms with E-state index < -0.39 is 5.91 Å². The second-order valence-electron chi connectivity index (χ2n) is 4.63. The average molecular weight is 285 g/mol. The quantitative estimate of drug-likeness (QED) is 0.712. The molecule has 0 aliphatic rings. The van der Waals surface area contributed by atoms with Gasteiger partial charge in [-0.2, -0.15) is 0 Å². The molecule has 5 N–H and O–H groups in total. The van der Waals surface area contributed by atoms with Gasteiger partial charge in [-0.1, -0.05) is 13.0 Å². The van der Waals surface area contributed by atoms with Crippen molar-refractivity contribution in [3.05, 3.63) is 48.0 Å². The zero-order chi connectivity index (χ0) is 15.2. The lowest BCUT2D eigenvalue weighted by atomic mass is 10.1. The molecule has 0 spiro atoms. The summed E-state index contributed by atoms with van der Waals surface area (Å²) in [6.07, 6.45) is 0.961. The number of nitrogen functional groups attached to an aromatic ring is 1. The maximum atomic E-state index is 11.4. The van der Waals surface area contributed by atoms with Crippen LogP contribution in [0.4, 0.5) is 17.1 Å². The Morgan fingerprint density at radius 2 is 1.90 bits per heavy atom. The van der Waals surface area contributed by atoms with Gasteiger partial charge in [0.05, 0.1) is 23.5 Å². The number of hydrogen-bond donors (Lipinski definition) is 3. The molecule has 0 unspecified atom stereocenters. The van der Waals surface area contributed by atoms with E-state index in [0.717, 1.165) is 17.9 Å². The first kappa shape index (κ1) is 14.7. The maximum absolute atomic E-state index is 11.4. The summed E-state index contributed by atoms with van der Waals surface area (Å²) in [5.41, 5.74) is 13.4. The predicted molar refractivity (Wildman–Crippen MR) is 84.9 cm³/mol. The first-order chi connectivity index (χ1) is 10.1. The number of rotatable bonds is 6. The minimum Gasteiger partial charge on any atom is -0.494 e. The highest BCUT2D eigenvalue weighted by Gasteiger charge is 2.11. The number of benzene rings is 2. The van der Waals surface area contributed by atoms with E-state index in [0.29, 0.717) is 23.5 Å². The van der Waals surface area contributed by atoms with Gasteiger partial charge in [0.15, 0.2) is 0 Å². The minimum atomic E-state index is -0.521. The largest absolute Gasteiger partial charge is 0.494 e. The van der Waals surface area contributed by atoms with Gasteiger partial charge in [0.1, 0.15) is 5.75 Å². The van der Waals surface area contributed by atoms with Crippen LogP contribution in [0.5, 0.6) is 5.75 Å². The molecular weight excluding hydrogens is 266 g/mol. The van der Waals surface area contributed by atoms with Gasteiger partial charge in [-0.25, -0.2) is 0 Å². The van der Waals surface area contributed by atoms with Gasteiger partial charge < -0.3 is 21.5 Å². The Morgan fingerprint density at radius 3 is 2.52 bits per heavy atom. The highest BCUT2D eigenvalue weighted by Crippen LogP contribution is 2.28. The zero-order valence-electron chi connectivity index (χ0n) is 11.9. The van der Waals surface area contributed by atoms with Gasteiger partial charge in [0.25, 0.3) is 5.91 Å². The molecule has 2 aromatic rings. The fourth-order valence-corrected chi connectivity index (χ4v) is 1.91. The summed E-state index contributed by atoms with van der Waals surface area (Å²) in [4.78, 5) is 11.4. The Labute approximate surface area is 123 Å². The topological polar surface area (TPSA) is 90.4 Å². The van der Waals surface area contributed by atoms with Crippen LogP contribution in [0.15, 0.2) is 42.5 Å². The van der Waals surface area contributed by atoms with Crippen molar-refractivity contribution >= 4 is 23.0 Å². The highest BCUT2D eigenvalue weighted by atomic mass is 16.5. The molecule has 0 fully saturated rings. The lowest BCUT2D eigenvalue weighted by Gasteiger charge is -2.13. The van der Waals surface area contributed by atoms with Crippen molar-refractivity contribution in [3.63, 3.8) is 0 Å². The third-order valence-corrected chi connectivity index (χ3v) is 2.96. The van der Waals surface area contributed by atoms with Gasteiger partial charge >= 0.3 is 0 Å². The molecule has 110 valence electrons. The van der Waals surface area contributed by atoms with Crippen LogP contribution in [0.25, 0.3) is 0 Å². The number of hydrogen-bond acceptors (Lipinski definition) is 4. The lowest BCUT2D eigenvalue weighted by Crippen LogP contribution is -2.14. The molecule has 2 rings (SSSR count). The molecule has 1 amide bonds. The average Bonchev–Trinajstić information content (AvgIpc) is 2.48. The molecule has 5 heteroatoms. The van der Waals surface area contributed by atoms with Crippen LogP contribution in [0.3, 0.4) is 0 Å². The number of anilines is 3. The Bertz CT molecular complexity index is 624. The molecule has 5 nitrogen and oxygen atoms in total. The molecule has 0 saturated heterocycles. The van der Waals surface area contributed by atoms with Crippen LogP contribution in [0.1, 0.15) is 23.7 Å². The number of primary amides is 1. The normalized spacial score (nSPS) is 10.1. The first-order valence-electron chi connectivity index (χ1n) is 6.80. The van der Waals surface area contributed by atoms with E-state index in [9.17, 15) is 4.79 Å². The molecule has 0 bridgehead atoms. The number of carbonyl (C=O) groups is 1. The molecule has 0 aliphatic heterocycles. The molecule has 0 heterocycles. The van der Waals surface area contributed by atoms with Crippen LogP contribution >= 0.6 is 0 Å². The van der Waals surface area contributed by atoms with Crippen molar-refractivity contribution in [2.24, 2.45) is 5.73 Å². The molecule has 0 atom stereocenters. The van der Waals surface area contributed by atoms with Crippen LogP contribution in [-0.4, -0.2) is 12.5 Å². The van der Waals surface area contributed by atoms with E-state index in [-0.39, 0.29) is 0 Å². The van der Waals surface area contributed by atoms with Crippen molar-refractivity contribution in [3.8, 4) is 5.75 Å². The first-order valence-corrected chi connectivity index (χ1v) is 6.80. The number of para-hydroxylation sites is 1. The van der Waals surface area contributed by atoms with Crippen molar-refractivity contribution in [1.82, 2.24) is 0 Å². The van der Waals surface area contributed by atoms with Crippen LogP contribution < -0.4 is 21.5 Å². The minimum absolute atomic E-state index is 0.362. The van der Waals surface area contributed by atoms with E-state index >= 15 is 0 Å². The summed E-state index contributed by atoms with van der Waals surface area (Å²) in [7, 11) is 0. The smallest absolute Gasteiger partial charge is 0.250 e. The SMILES string of the molecule is CCCOc1ccc(Nc2c(N)cccc2C(N)=O)cc1. The summed E-state index contributed by atoms with van der Waals surface area (Å²) in [5, 5.41) is 3.12. The third-order valence-electron chi connectivity index (χ3n) is 2.96. The number of carbonyl (C=O) groups excluding carboxylic acids is 1. The maximum Gasteiger partial charge on any atom is 0.250 e. The molecule has 0 aromatic heterocycles. The van der Waals surface area contributed by atoms with E-state index in [1.54, 1.807) is 18.2 Å². The summed E-state index contributed by atoms with van der Waals surface area (Å²) in [5.74, 6) is 0.284. The van der Waals surface area contributed by atoms with Crippen LogP contribution in [0.2, 0.25) is 0 Å². The number of nitrogens with two attached hydrogens (primary N) is 2. The molecule has 0 saturated carbocycles. The Balaban J connectivity index is 2.20. The van der Waals surface area contributed by atoms with Gasteiger partial charge in [-0.15, -0.1) is 0 Å². The second kappa shape index (κ2) is 6.65. The van der Waals surface area contributed by atoms with Crippen LogP contribution in [0, 0.1) is 0 Å². The van der Waals surface area contributed by atoms with E-state index in [4.69, 9.17) is 16.2 Å². The molecule has 2 aromatic carbocycles. The van der Waals surface area contributed by atoms with Gasteiger partial charge in [0, 0.05) is 5.69 Å². The Kier molecular flexibility index (Phi) is 4.66. The van der Waals surface area contributed by atoms with Crippen molar-refractivity contribution < 1.29 is 9.53 Å². The second-order valence-corrected chi connectivity index (χ2v) is 4.63. The van der Waals surface area contributed by atoms with Crippen molar-refractivity contribution in [2.45, 2.75) is 13.3 Å².